The zero-order valence-corrected chi connectivity index (χ0v) is 8.76. The maximum Gasteiger partial charge on any atom is 0.0283 e. The smallest absolute Gasteiger partial charge is 0.0283 e. The minimum atomic E-state index is 0.0946. The molecular formula is C11H22N2. The van der Waals surface area contributed by atoms with Crippen LogP contribution < -0.4 is 5.73 Å². The summed E-state index contributed by atoms with van der Waals surface area (Å²) in [4.78, 5) is 2.56. The van der Waals surface area contributed by atoms with E-state index in [1.54, 1.807) is 0 Å². The van der Waals surface area contributed by atoms with Crippen molar-refractivity contribution in [3.05, 3.63) is 0 Å². The van der Waals surface area contributed by atoms with Crippen LogP contribution >= 0.6 is 0 Å². The molecule has 0 radical (unpaired) electrons. The molecule has 1 atom stereocenters. The highest BCUT2D eigenvalue weighted by atomic mass is 15.1. The third-order valence-electron chi connectivity index (χ3n) is 3.52. The zero-order chi connectivity index (χ0) is 9.31. The Morgan fingerprint density at radius 1 is 1.23 bits per heavy atom. The van der Waals surface area contributed by atoms with E-state index in [4.69, 9.17) is 5.73 Å². The maximum absolute atomic E-state index is 6.31. The highest BCUT2D eigenvalue weighted by Crippen LogP contribution is 2.38. The van der Waals surface area contributed by atoms with Gasteiger partial charge in [-0.3, -0.25) is 0 Å². The molecule has 2 nitrogen and oxygen atoms in total. The van der Waals surface area contributed by atoms with Crippen LogP contribution in [0.2, 0.25) is 0 Å². The Balaban J connectivity index is 1.80. The minimum Gasteiger partial charge on any atom is -0.324 e. The Hall–Kier alpha value is -0.0800. The molecule has 2 fully saturated rings. The first-order valence-corrected chi connectivity index (χ1v) is 5.70. The molecule has 2 rings (SSSR count). The fourth-order valence-electron chi connectivity index (χ4n) is 2.47. The average Bonchev–Trinajstić information content (AvgIpc) is 2.87. The third-order valence-corrected chi connectivity index (χ3v) is 3.52. The monoisotopic (exact) mass is 182 g/mol. The van der Waals surface area contributed by atoms with E-state index in [9.17, 15) is 0 Å². The van der Waals surface area contributed by atoms with E-state index in [1.165, 1.54) is 45.2 Å². The van der Waals surface area contributed by atoms with Crippen LogP contribution in [0.4, 0.5) is 0 Å². The number of nitrogens with two attached hydrogens (primary N) is 1. The molecular weight excluding hydrogens is 160 g/mol. The van der Waals surface area contributed by atoms with Gasteiger partial charge in [0.15, 0.2) is 0 Å². The quantitative estimate of drug-likeness (QED) is 0.718. The van der Waals surface area contributed by atoms with E-state index in [0.29, 0.717) is 0 Å². The summed E-state index contributed by atoms with van der Waals surface area (Å²) in [6.07, 6.45) is 6.89. The molecule has 13 heavy (non-hydrogen) atoms. The lowest BCUT2D eigenvalue weighted by Crippen LogP contribution is -2.50. The van der Waals surface area contributed by atoms with Crippen molar-refractivity contribution in [2.24, 2.45) is 11.7 Å². The van der Waals surface area contributed by atoms with Crippen molar-refractivity contribution < 1.29 is 0 Å². The second-order valence-corrected chi connectivity index (χ2v) is 5.12. The van der Waals surface area contributed by atoms with E-state index in [1.807, 2.05) is 0 Å². The predicted molar refractivity (Wildman–Crippen MR) is 55.6 cm³/mol. The fraction of sp³-hybridized carbons (Fsp3) is 1.00. The summed E-state index contributed by atoms with van der Waals surface area (Å²) >= 11 is 0. The van der Waals surface area contributed by atoms with Gasteiger partial charge in [-0.05, 0) is 51.6 Å². The summed E-state index contributed by atoms with van der Waals surface area (Å²) in [7, 11) is 0. The molecule has 1 unspecified atom stereocenters. The van der Waals surface area contributed by atoms with Crippen LogP contribution in [-0.2, 0) is 0 Å². The van der Waals surface area contributed by atoms with Gasteiger partial charge in [0, 0.05) is 12.1 Å². The van der Waals surface area contributed by atoms with Crippen LogP contribution in [0.5, 0.6) is 0 Å². The molecule has 1 aliphatic heterocycles. The van der Waals surface area contributed by atoms with Crippen molar-refractivity contribution in [1.82, 2.24) is 4.90 Å². The van der Waals surface area contributed by atoms with Gasteiger partial charge in [0.2, 0.25) is 0 Å². The van der Waals surface area contributed by atoms with Gasteiger partial charge >= 0.3 is 0 Å². The van der Waals surface area contributed by atoms with Crippen molar-refractivity contribution >= 4 is 0 Å². The molecule has 0 aromatic carbocycles. The summed E-state index contributed by atoms with van der Waals surface area (Å²) in [6.45, 7) is 5.91. The maximum atomic E-state index is 6.31. The Morgan fingerprint density at radius 2 is 1.85 bits per heavy atom. The zero-order valence-electron chi connectivity index (χ0n) is 8.76. The summed E-state index contributed by atoms with van der Waals surface area (Å²) < 4.78 is 0. The second-order valence-electron chi connectivity index (χ2n) is 5.12. The Morgan fingerprint density at radius 3 is 2.38 bits per heavy atom. The molecule has 0 aromatic rings. The van der Waals surface area contributed by atoms with Crippen LogP contribution in [0.25, 0.3) is 0 Å². The minimum absolute atomic E-state index is 0.0946. The number of rotatable bonds is 3. The number of hydrogen-bond donors (Lipinski definition) is 1. The highest BCUT2D eigenvalue weighted by Gasteiger charge is 2.39. The molecule has 0 bridgehead atoms. The van der Waals surface area contributed by atoms with Crippen molar-refractivity contribution in [2.75, 3.05) is 19.6 Å². The van der Waals surface area contributed by atoms with E-state index >= 15 is 0 Å². The number of piperidine rings is 1. The SMILES string of the molecule is CC(N)(CN1CCCCC1)C1CC1. The van der Waals surface area contributed by atoms with Crippen molar-refractivity contribution in [3.8, 4) is 0 Å². The predicted octanol–water partition coefficient (Wildman–Crippen LogP) is 1.60. The van der Waals surface area contributed by atoms with Gasteiger partial charge in [-0.1, -0.05) is 6.42 Å². The molecule has 0 aromatic heterocycles. The number of likely N-dealkylation sites (tertiary alicyclic amines) is 1. The number of hydrogen-bond acceptors (Lipinski definition) is 2. The van der Waals surface area contributed by atoms with Crippen LogP contribution in [0, 0.1) is 5.92 Å². The Labute approximate surface area is 81.5 Å². The summed E-state index contributed by atoms with van der Waals surface area (Å²) in [5.41, 5.74) is 6.41. The summed E-state index contributed by atoms with van der Waals surface area (Å²) in [5, 5.41) is 0. The number of nitrogens with zero attached hydrogens (tertiary/aromatic N) is 1. The van der Waals surface area contributed by atoms with Crippen LogP contribution in [0.15, 0.2) is 0 Å². The van der Waals surface area contributed by atoms with E-state index in [2.05, 4.69) is 11.8 Å². The largest absolute Gasteiger partial charge is 0.324 e. The molecule has 2 N–H and O–H groups in total. The normalized spacial score (nSPS) is 30.0. The summed E-state index contributed by atoms with van der Waals surface area (Å²) in [6, 6.07) is 0. The lowest BCUT2D eigenvalue weighted by atomic mass is 9.95. The van der Waals surface area contributed by atoms with Gasteiger partial charge in [0.1, 0.15) is 0 Å². The van der Waals surface area contributed by atoms with Gasteiger partial charge in [-0.25, -0.2) is 0 Å². The molecule has 0 amide bonds. The van der Waals surface area contributed by atoms with Crippen molar-refractivity contribution in [3.63, 3.8) is 0 Å². The van der Waals surface area contributed by atoms with Crippen molar-refractivity contribution in [1.29, 1.82) is 0 Å². The van der Waals surface area contributed by atoms with Gasteiger partial charge in [-0.15, -0.1) is 0 Å². The molecule has 1 aliphatic carbocycles. The van der Waals surface area contributed by atoms with Gasteiger partial charge < -0.3 is 10.6 Å². The fourth-order valence-corrected chi connectivity index (χ4v) is 2.47. The second kappa shape index (κ2) is 3.58. The highest BCUT2D eigenvalue weighted by molar-refractivity contribution is 4.97. The lowest BCUT2D eigenvalue weighted by Gasteiger charge is -2.34. The first-order valence-electron chi connectivity index (χ1n) is 5.70. The first kappa shape index (κ1) is 9.47. The third kappa shape index (κ3) is 2.44. The van der Waals surface area contributed by atoms with E-state index in [0.717, 1.165) is 12.5 Å². The molecule has 2 aliphatic rings. The molecule has 2 heteroatoms. The van der Waals surface area contributed by atoms with Gasteiger partial charge in [-0.2, -0.15) is 0 Å². The lowest BCUT2D eigenvalue weighted by molar-refractivity contribution is 0.174. The first-order chi connectivity index (χ1) is 6.18. The molecule has 0 spiro atoms. The average molecular weight is 182 g/mol. The van der Waals surface area contributed by atoms with Gasteiger partial charge in [0.25, 0.3) is 0 Å². The van der Waals surface area contributed by atoms with E-state index in [-0.39, 0.29) is 5.54 Å². The van der Waals surface area contributed by atoms with Gasteiger partial charge in [0.05, 0.1) is 0 Å². The molecule has 1 saturated carbocycles. The molecule has 1 saturated heterocycles. The topological polar surface area (TPSA) is 29.3 Å². The molecule has 76 valence electrons. The Kier molecular flexibility index (Phi) is 2.61. The van der Waals surface area contributed by atoms with Crippen LogP contribution in [0.1, 0.15) is 39.0 Å². The van der Waals surface area contributed by atoms with Crippen LogP contribution in [-0.4, -0.2) is 30.1 Å². The molecule has 1 heterocycles. The van der Waals surface area contributed by atoms with Crippen molar-refractivity contribution in [2.45, 2.75) is 44.6 Å². The Bertz CT molecular complexity index is 167. The summed E-state index contributed by atoms with van der Waals surface area (Å²) in [5.74, 6) is 0.814. The standard InChI is InChI=1S/C11H22N2/c1-11(12,10-5-6-10)9-13-7-3-2-4-8-13/h10H,2-9,12H2,1H3. The van der Waals surface area contributed by atoms with Crippen LogP contribution in [0.3, 0.4) is 0 Å². The van der Waals surface area contributed by atoms with E-state index < -0.39 is 0 Å².